The molecule has 0 aliphatic rings. The van der Waals surface area contributed by atoms with Gasteiger partial charge in [-0.2, -0.15) is 0 Å². The third kappa shape index (κ3) is 3.99. The second kappa shape index (κ2) is 8.19. The maximum Gasteiger partial charge on any atom is 0.244 e. The lowest BCUT2D eigenvalue weighted by molar-refractivity contribution is -0.116. The van der Waals surface area contributed by atoms with Crippen LogP contribution in [0.3, 0.4) is 0 Å². The zero-order valence-corrected chi connectivity index (χ0v) is 16.7. The molecule has 0 aliphatic heterocycles. The van der Waals surface area contributed by atoms with Crippen LogP contribution in [0.4, 0.5) is 0 Å². The fourth-order valence-electron chi connectivity index (χ4n) is 3.77. The molecule has 1 heterocycles. The van der Waals surface area contributed by atoms with Crippen molar-refractivity contribution in [1.29, 1.82) is 0 Å². The van der Waals surface area contributed by atoms with Gasteiger partial charge in [0.15, 0.2) is 0 Å². The van der Waals surface area contributed by atoms with E-state index in [2.05, 4.69) is 60.3 Å². The van der Waals surface area contributed by atoms with Crippen LogP contribution in [0.25, 0.3) is 28.2 Å². The van der Waals surface area contributed by atoms with Gasteiger partial charge in [0, 0.05) is 36.1 Å². The Morgan fingerprint density at radius 2 is 1.72 bits per heavy atom. The van der Waals surface area contributed by atoms with E-state index in [1.54, 1.807) is 6.08 Å². The Kier molecular flexibility index (Phi) is 5.30. The van der Waals surface area contributed by atoms with Crippen LogP contribution in [0, 0.1) is 6.92 Å². The molecular formula is C26H24N2O. The fraction of sp³-hybridized carbons (Fsp3) is 0.115. The highest BCUT2D eigenvalue weighted by Gasteiger charge is 2.14. The molecule has 0 saturated heterocycles. The average molecular weight is 380 g/mol. The van der Waals surface area contributed by atoms with Gasteiger partial charge in [-0.25, -0.2) is 0 Å². The first-order chi connectivity index (χ1) is 14.1. The number of aryl methyl sites for hydroxylation is 2. The lowest BCUT2D eigenvalue weighted by Crippen LogP contribution is -2.20. The van der Waals surface area contributed by atoms with Crippen molar-refractivity contribution in [3.05, 3.63) is 102 Å². The monoisotopic (exact) mass is 380 g/mol. The number of para-hydroxylation sites is 1. The molecule has 4 rings (SSSR count). The van der Waals surface area contributed by atoms with E-state index in [-0.39, 0.29) is 5.91 Å². The van der Waals surface area contributed by atoms with Crippen molar-refractivity contribution in [1.82, 2.24) is 9.88 Å². The lowest BCUT2D eigenvalue weighted by Gasteiger charge is -2.06. The van der Waals surface area contributed by atoms with E-state index >= 15 is 0 Å². The summed E-state index contributed by atoms with van der Waals surface area (Å²) in [5.74, 6) is -0.0987. The summed E-state index contributed by atoms with van der Waals surface area (Å²) in [6, 6.07) is 26.7. The summed E-state index contributed by atoms with van der Waals surface area (Å²) < 4.78 is 2.19. The topological polar surface area (TPSA) is 34.0 Å². The number of amides is 1. The standard InChI is InChI=1S/C26H24N2O/c1-19-9-8-10-20(17-19)18-27-25(29)16-15-23-22-13-6-7-14-24(22)28(2)26(23)21-11-4-3-5-12-21/h3-17H,18H2,1-2H3,(H,27,29)/b16-15+. The number of carbonyl (C=O) groups excluding carboxylic acids is 1. The highest BCUT2D eigenvalue weighted by atomic mass is 16.1. The van der Waals surface area contributed by atoms with E-state index in [9.17, 15) is 4.79 Å². The van der Waals surface area contributed by atoms with Crippen LogP contribution in [0.2, 0.25) is 0 Å². The Bertz CT molecular complexity index is 1190. The first kappa shape index (κ1) is 18.8. The van der Waals surface area contributed by atoms with Crippen molar-refractivity contribution in [2.75, 3.05) is 0 Å². The molecule has 3 nitrogen and oxygen atoms in total. The van der Waals surface area contributed by atoms with Gasteiger partial charge in [0.2, 0.25) is 5.91 Å². The molecule has 0 spiro atoms. The van der Waals surface area contributed by atoms with Gasteiger partial charge in [-0.3, -0.25) is 4.79 Å². The van der Waals surface area contributed by atoms with Crippen molar-refractivity contribution in [2.24, 2.45) is 7.05 Å². The van der Waals surface area contributed by atoms with Gasteiger partial charge in [-0.15, -0.1) is 0 Å². The van der Waals surface area contributed by atoms with Crippen LogP contribution in [-0.2, 0) is 18.4 Å². The van der Waals surface area contributed by atoms with Gasteiger partial charge in [-0.1, -0.05) is 78.4 Å². The molecule has 144 valence electrons. The predicted molar refractivity (Wildman–Crippen MR) is 120 cm³/mol. The molecule has 0 saturated carbocycles. The van der Waals surface area contributed by atoms with E-state index in [0.717, 1.165) is 33.3 Å². The van der Waals surface area contributed by atoms with E-state index < -0.39 is 0 Å². The number of aromatic nitrogens is 1. The third-order valence-corrected chi connectivity index (χ3v) is 5.14. The Hall–Kier alpha value is -3.59. The SMILES string of the molecule is Cc1cccc(CNC(=O)/C=C/c2c(-c3ccccc3)n(C)c3ccccc23)c1. The van der Waals surface area contributed by atoms with Crippen molar-refractivity contribution in [3.63, 3.8) is 0 Å². The molecule has 0 atom stereocenters. The summed E-state index contributed by atoms with van der Waals surface area (Å²) in [5, 5.41) is 4.11. The van der Waals surface area contributed by atoms with Crippen LogP contribution < -0.4 is 5.32 Å². The molecule has 3 aromatic carbocycles. The van der Waals surface area contributed by atoms with Gasteiger partial charge in [-0.05, 0) is 30.2 Å². The number of carbonyl (C=O) groups is 1. The minimum atomic E-state index is -0.0987. The average Bonchev–Trinajstić information content (AvgIpc) is 3.03. The Labute approximate surface area is 171 Å². The van der Waals surface area contributed by atoms with E-state index in [1.165, 1.54) is 5.56 Å². The van der Waals surface area contributed by atoms with Gasteiger partial charge in [0.25, 0.3) is 0 Å². The van der Waals surface area contributed by atoms with Crippen LogP contribution in [0.1, 0.15) is 16.7 Å². The Balaban J connectivity index is 1.64. The Morgan fingerprint density at radius 3 is 2.52 bits per heavy atom. The number of fused-ring (bicyclic) bond motifs is 1. The van der Waals surface area contributed by atoms with Gasteiger partial charge in [0.1, 0.15) is 0 Å². The zero-order chi connectivity index (χ0) is 20.2. The fourth-order valence-corrected chi connectivity index (χ4v) is 3.77. The number of benzene rings is 3. The molecule has 0 bridgehead atoms. The maximum atomic E-state index is 12.5. The molecule has 0 unspecified atom stereocenters. The van der Waals surface area contributed by atoms with Gasteiger partial charge < -0.3 is 9.88 Å². The number of nitrogens with zero attached hydrogens (tertiary/aromatic N) is 1. The van der Waals surface area contributed by atoms with Crippen molar-refractivity contribution in [3.8, 4) is 11.3 Å². The van der Waals surface area contributed by atoms with Crippen LogP contribution in [0.5, 0.6) is 0 Å². The first-order valence-corrected chi connectivity index (χ1v) is 9.78. The van der Waals surface area contributed by atoms with E-state index in [1.807, 2.05) is 48.5 Å². The molecule has 0 aliphatic carbocycles. The Morgan fingerprint density at radius 1 is 0.966 bits per heavy atom. The zero-order valence-electron chi connectivity index (χ0n) is 16.7. The third-order valence-electron chi connectivity index (χ3n) is 5.14. The summed E-state index contributed by atoms with van der Waals surface area (Å²) in [6.07, 6.45) is 3.56. The smallest absolute Gasteiger partial charge is 0.244 e. The normalized spacial score (nSPS) is 11.2. The first-order valence-electron chi connectivity index (χ1n) is 9.78. The molecule has 29 heavy (non-hydrogen) atoms. The molecule has 1 amide bonds. The van der Waals surface area contributed by atoms with Crippen LogP contribution in [-0.4, -0.2) is 10.5 Å². The van der Waals surface area contributed by atoms with Crippen molar-refractivity contribution in [2.45, 2.75) is 13.5 Å². The molecule has 1 aromatic heterocycles. The van der Waals surface area contributed by atoms with E-state index in [0.29, 0.717) is 6.54 Å². The van der Waals surface area contributed by atoms with Crippen LogP contribution in [0.15, 0.2) is 84.9 Å². The van der Waals surface area contributed by atoms with Gasteiger partial charge >= 0.3 is 0 Å². The van der Waals surface area contributed by atoms with Crippen molar-refractivity contribution < 1.29 is 4.79 Å². The minimum Gasteiger partial charge on any atom is -0.348 e. The lowest BCUT2D eigenvalue weighted by atomic mass is 10.0. The highest BCUT2D eigenvalue weighted by Crippen LogP contribution is 2.33. The molecule has 4 aromatic rings. The number of nitrogens with one attached hydrogen (secondary N) is 1. The van der Waals surface area contributed by atoms with Gasteiger partial charge in [0.05, 0.1) is 5.69 Å². The number of hydrogen-bond donors (Lipinski definition) is 1. The number of hydrogen-bond acceptors (Lipinski definition) is 1. The predicted octanol–water partition coefficient (Wildman–Crippen LogP) is 5.48. The molecular weight excluding hydrogens is 356 g/mol. The largest absolute Gasteiger partial charge is 0.348 e. The second-order valence-electron chi connectivity index (χ2n) is 7.24. The molecule has 3 heteroatoms. The highest BCUT2D eigenvalue weighted by molar-refractivity contribution is 6.01. The minimum absolute atomic E-state index is 0.0987. The molecule has 0 fully saturated rings. The summed E-state index contributed by atoms with van der Waals surface area (Å²) >= 11 is 0. The summed E-state index contributed by atoms with van der Waals surface area (Å²) in [4.78, 5) is 12.5. The maximum absolute atomic E-state index is 12.5. The molecule has 1 N–H and O–H groups in total. The van der Waals surface area contributed by atoms with Crippen molar-refractivity contribution >= 4 is 22.9 Å². The molecule has 0 radical (unpaired) electrons. The summed E-state index contributed by atoms with van der Waals surface area (Å²) in [7, 11) is 2.07. The van der Waals surface area contributed by atoms with E-state index in [4.69, 9.17) is 0 Å². The van der Waals surface area contributed by atoms with Crippen LogP contribution >= 0.6 is 0 Å². The number of rotatable bonds is 5. The quantitative estimate of drug-likeness (QED) is 0.457. The second-order valence-corrected chi connectivity index (χ2v) is 7.24. The summed E-state index contributed by atoms with van der Waals surface area (Å²) in [5.41, 5.74) is 6.73. The summed E-state index contributed by atoms with van der Waals surface area (Å²) in [6.45, 7) is 2.57.